The van der Waals surface area contributed by atoms with Gasteiger partial charge in [0, 0.05) is 79.4 Å². The van der Waals surface area contributed by atoms with Crippen molar-refractivity contribution in [1.82, 2.24) is 20.4 Å². The second-order valence-electron chi connectivity index (χ2n) is 21.8. The number of nitrogens with one attached hydrogen (secondary N) is 3. The first kappa shape index (κ1) is 57.8. The molecule has 6 amide bonds. The Morgan fingerprint density at radius 1 is 0.750 bits per heavy atom. The zero-order chi connectivity index (χ0) is 59.2. The Morgan fingerprint density at radius 2 is 1.43 bits per heavy atom. The van der Waals surface area contributed by atoms with Crippen LogP contribution in [-0.2, 0) is 24.0 Å². The van der Waals surface area contributed by atoms with E-state index in [-0.39, 0.29) is 67.4 Å². The number of imide groups is 1. The number of methoxy groups -OCH3 is 2. The maximum Gasteiger partial charge on any atom is 0.296 e. The molecule has 0 radical (unpaired) electrons. The van der Waals surface area contributed by atoms with Gasteiger partial charge in [0.2, 0.25) is 17.7 Å². The van der Waals surface area contributed by atoms with E-state index in [0.29, 0.717) is 106 Å². The molecule has 6 aliphatic rings. The van der Waals surface area contributed by atoms with Crippen molar-refractivity contribution in [2.75, 3.05) is 39.3 Å². The van der Waals surface area contributed by atoms with Gasteiger partial charge >= 0.3 is 0 Å². The van der Waals surface area contributed by atoms with Gasteiger partial charge in [0.15, 0.2) is 34.5 Å². The summed E-state index contributed by atoms with van der Waals surface area (Å²) in [5.74, 6) is -0.879. The lowest BCUT2D eigenvalue weighted by molar-refractivity contribution is -0.138. The van der Waals surface area contributed by atoms with Crippen LogP contribution in [0.2, 0.25) is 0 Å². The first-order chi connectivity index (χ1) is 40.6. The molecule has 1 aliphatic carbocycles. The number of benzene rings is 4. The molecule has 0 spiro atoms. The summed E-state index contributed by atoms with van der Waals surface area (Å²) < 4.78 is 29.2. The Balaban J connectivity index is 0.657. The Morgan fingerprint density at radius 3 is 2.10 bits per heavy atom. The van der Waals surface area contributed by atoms with Gasteiger partial charge in [0.25, 0.3) is 17.7 Å². The van der Waals surface area contributed by atoms with Gasteiger partial charge in [0.05, 0.1) is 68.1 Å². The first-order valence-corrected chi connectivity index (χ1v) is 28.3. The average molecular weight is 1140 g/mol. The van der Waals surface area contributed by atoms with Crippen LogP contribution in [0.4, 0.5) is 17.1 Å². The van der Waals surface area contributed by atoms with Crippen LogP contribution < -0.4 is 39.6 Å². The van der Waals surface area contributed by atoms with E-state index in [1.165, 1.54) is 44.8 Å². The maximum absolute atomic E-state index is 14.1. The first-order valence-electron chi connectivity index (χ1n) is 28.3. The van der Waals surface area contributed by atoms with Crippen LogP contribution in [0.15, 0.2) is 111 Å². The summed E-state index contributed by atoms with van der Waals surface area (Å²) in [6, 6.07) is 19.3. The number of carbonyl (C=O) groups is 7. The number of rotatable bonds is 24. The van der Waals surface area contributed by atoms with Gasteiger partial charge < -0.3 is 44.5 Å². The van der Waals surface area contributed by atoms with Gasteiger partial charge in [-0.1, -0.05) is 32.4 Å². The van der Waals surface area contributed by atoms with Gasteiger partial charge in [-0.3, -0.25) is 53.4 Å². The molecule has 1 unspecified atom stereocenters. The summed E-state index contributed by atoms with van der Waals surface area (Å²) in [6.45, 7) is 5.78. The van der Waals surface area contributed by atoms with Crippen LogP contribution in [-0.4, -0.2) is 127 Å². The molecular weight excluding hydrogens is 1070 g/mol. The van der Waals surface area contributed by atoms with Crippen molar-refractivity contribution in [1.29, 1.82) is 5.26 Å². The number of Topliss-reactive ketones (excluding diaryl/α,β-unsaturated/α-hetero) is 1. The van der Waals surface area contributed by atoms with Gasteiger partial charge in [-0.2, -0.15) is 5.26 Å². The van der Waals surface area contributed by atoms with Gasteiger partial charge in [-0.25, -0.2) is 0 Å². The molecule has 3 N–H and O–H groups in total. The quantitative estimate of drug-likeness (QED) is 0.0445. The number of fused-ring (bicyclic) bond motifs is 4. The zero-order valence-electron chi connectivity index (χ0n) is 47.3. The molecular formula is C63H65N9O12. The standard InChI is InChI=1S/C63H65N9O12/c1-35(2)57(70-55(73)10-7-6-8-21-71-56(74)30-54(63(71)79)84-44-19-11-37(31-64)12-20-44)61(77)67-36(3)60(76)68-42-17-15-39(16-18-42)47-25-40-32-65-48-28-52(50(80-4)26-45(48)59(75)58(40)69-47)82-22-9-23-83-53-29-49-46(27-51(53)81-5)62(78)72-34-41(38-13-14-38)24-43(72)33-66-49/h11-12,15-20,26-30,32-36,38,40,43,57-58H,6-10,13-14,21-25H2,1-5H3,(H,67,77)(H,68,76)(H,70,73)/t36-,40-,43-,57-,58?/m1/s1. The fourth-order valence-corrected chi connectivity index (χ4v) is 10.6. The number of carbonyl (C=O) groups excluding carboxylic acids is 7. The Hall–Kier alpha value is -9.45. The lowest BCUT2D eigenvalue weighted by Gasteiger charge is -2.24. The van der Waals surface area contributed by atoms with Crippen molar-refractivity contribution in [3.63, 3.8) is 0 Å². The van der Waals surface area contributed by atoms with Crippen molar-refractivity contribution in [2.24, 2.45) is 32.7 Å². The third-order valence-corrected chi connectivity index (χ3v) is 15.5. The normalized spacial score (nSPS) is 19.1. The van der Waals surface area contributed by atoms with Crippen LogP contribution in [0.3, 0.4) is 0 Å². The maximum atomic E-state index is 14.1. The Bertz CT molecular complexity index is 3490. The van der Waals surface area contributed by atoms with E-state index in [0.717, 1.165) is 23.0 Å². The highest BCUT2D eigenvalue weighted by molar-refractivity contribution is 6.16. The molecule has 1 saturated carbocycles. The summed E-state index contributed by atoms with van der Waals surface area (Å²) >= 11 is 0. The second-order valence-corrected chi connectivity index (χ2v) is 21.8. The van der Waals surface area contributed by atoms with Crippen LogP contribution >= 0.6 is 0 Å². The molecule has 0 bridgehead atoms. The number of amides is 6. The number of unbranched alkanes of at least 4 members (excludes halogenated alkanes) is 2. The molecule has 434 valence electrons. The SMILES string of the molecule is COc1cc2c(cc1OCCCOc1cc3c(cc1OC)C(=O)N1C=C(C4CC4)C[C@@H]1C=N3)N=C[C@H]1CC(c3ccc(NC(=O)[C@@H](C)NC(=O)[C@H](NC(=O)CCCCCN4C(=O)C=C(Oc5ccc(C#N)cc5)C4=O)C(C)C)cc3)=NC1C2=O. The van der Waals surface area contributed by atoms with E-state index in [1.807, 2.05) is 18.5 Å². The molecule has 0 aromatic heterocycles. The van der Waals surface area contributed by atoms with Crippen LogP contribution in [0.5, 0.6) is 28.7 Å². The molecule has 10 rings (SSSR count). The van der Waals surface area contributed by atoms with Gasteiger partial charge in [-0.05, 0) is 111 Å². The van der Waals surface area contributed by atoms with Crippen LogP contribution in [0.25, 0.3) is 0 Å². The number of aliphatic imine (C=N–C) groups is 3. The summed E-state index contributed by atoms with van der Waals surface area (Å²) in [4.78, 5) is 110. The minimum Gasteiger partial charge on any atom is -0.493 e. The van der Waals surface area contributed by atoms with E-state index in [9.17, 15) is 33.6 Å². The third-order valence-electron chi connectivity index (χ3n) is 15.5. The Kier molecular flexibility index (Phi) is 17.4. The van der Waals surface area contributed by atoms with Crippen molar-refractivity contribution < 1.29 is 57.2 Å². The minimum atomic E-state index is -0.958. The van der Waals surface area contributed by atoms with Crippen molar-refractivity contribution in [3.8, 4) is 34.8 Å². The molecule has 1 fully saturated rings. The number of anilines is 1. The predicted octanol–water partition coefficient (Wildman–Crippen LogP) is 7.90. The highest BCUT2D eigenvalue weighted by Gasteiger charge is 2.40. The number of hydrogen-bond acceptors (Lipinski definition) is 16. The minimum absolute atomic E-state index is 0.0976. The molecule has 21 nitrogen and oxygen atoms in total. The van der Waals surface area contributed by atoms with E-state index in [2.05, 4.69) is 16.0 Å². The fraction of sp³-hybridized carbons (Fsp3) is 0.381. The van der Waals surface area contributed by atoms with E-state index in [4.69, 9.17) is 43.9 Å². The largest absolute Gasteiger partial charge is 0.493 e. The van der Waals surface area contributed by atoms with Crippen LogP contribution in [0, 0.1) is 29.1 Å². The molecule has 5 aliphatic heterocycles. The fourth-order valence-electron chi connectivity index (χ4n) is 10.6. The second kappa shape index (κ2) is 25.4. The number of hydrogen-bond donors (Lipinski definition) is 3. The summed E-state index contributed by atoms with van der Waals surface area (Å²) in [7, 11) is 3.04. The zero-order valence-corrected chi connectivity index (χ0v) is 47.3. The molecule has 4 aromatic carbocycles. The monoisotopic (exact) mass is 1140 g/mol. The van der Waals surface area contributed by atoms with Crippen molar-refractivity contribution >= 4 is 76.4 Å². The number of nitrogens with zero attached hydrogens (tertiary/aromatic N) is 6. The van der Waals surface area contributed by atoms with Crippen LogP contribution in [0.1, 0.15) is 110 Å². The average Bonchev–Trinajstić information content (AvgIpc) is 3.75. The molecule has 21 heteroatoms. The van der Waals surface area contributed by atoms with E-state index < -0.39 is 41.8 Å². The summed E-state index contributed by atoms with van der Waals surface area (Å²) in [5, 5.41) is 17.3. The highest BCUT2D eigenvalue weighted by atomic mass is 16.5. The van der Waals surface area contributed by atoms with E-state index in [1.54, 1.807) is 92.5 Å². The van der Waals surface area contributed by atoms with Gasteiger partial charge in [0.1, 0.15) is 23.9 Å². The third kappa shape index (κ3) is 12.9. The molecule has 4 aromatic rings. The number of ether oxygens (including phenoxy) is 5. The van der Waals surface area contributed by atoms with Crippen molar-refractivity contribution in [3.05, 3.63) is 119 Å². The van der Waals surface area contributed by atoms with E-state index >= 15 is 0 Å². The molecule has 0 saturated heterocycles. The lowest BCUT2D eigenvalue weighted by Crippen LogP contribution is -2.53. The lowest BCUT2D eigenvalue weighted by atomic mass is 9.92. The Labute approximate surface area is 485 Å². The molecule has 84 heavy (non-hydrogen) atoms. The predicted molar refractivity (Wildman–Crippen MR) is 311 cm³/mol. The smallest absolute Gasteiger partial charge is 0.296 e. The molecule has 5 atom stereocenters. The topological polar surface area (TPSA) is 269 Å². The number of nitriles is 1. The van der Waals surface area contributed by atoms with Gasteiger partial charge in [-0.15, -0.1) is 0 Å². The summed E-state index contributed by atoms with van der Waals surface area (Å²) in [6.07, 6.45) is 12.3. The summed E-state index contributed by atoms with van der Waals surface area (Å²) in [5.41, 5.74) is 5.48. The highest BCUT2D eigenvalue weighted by Crippen LogP contribution is 2.45. The number of ketones is 1. The van der Waals surface area contributed by atoms with Crippen molar-refractivity contribution in [2.45, 2.75) is 103 Å². The molecule has 5 heterocycles.